The van der Waals surface area contributed by atoms with Crippen molar-refractivity contribution in [1.82, 2.24) is 9.80 Å². The Kier molecular flexibility index (Phi) is 4.93. The second kappa shape index (κ2) is 6.94. The van der Waals surface area contributed by atoms with Crippen LogP contribution in [0.2, 0.25) is 0 Å². The third-order valence-electron chi connectivity index (χ3n) is 4.27. The molecule has 1 unspecified atom stereocenters. The van der Waals surface area contributed by atoms with E-state index in [1.165, 1.54) is 25.0 Å². The lowest BCUT2D eigenvalue weighted by Gasteiger charge is -2.34. The van der Waals surface area contributed by atoms with Crippen molar-refractivity contribution >= 4 is 22.9 Å². The highest BCUT2D eigenvalue weighted by molar-refractivity contribution is 7.80. The minimum Gasteiger partial charge on any atom is -0.755 e. The normalized spacial score (nSPS) is 20.3. The van der Waals surface area contributed by atoms with Gasteiger partial charge in [0.25, 0.3) is 5.91 Å². The number of hydrogen-bond acceptors (Lipinski definition) is 4. The SMILES string of the molecule is O=C(c1ccc(NS(=O)[O-])cc1F)N1CCN(CC2CC2)CC1. The van der Waals surface area contributed by atoms with Gasteiger partial charge in [0.15, 0.2) is 0 Å². The maximum absolute atomic E-state index is 14.1. The Morgan fingerprint density at radius 3 is 2.57 bits per heavy atom. The lowest BCUT2D eigenvalue weighted by Crippen LogP contribution is -2.49. The first kappa shape index (κ1) is 16.4. The standard InChI is InChI=1S/C15H20FN3O3S/c16-14-9-12(17-23(21)22)3-4-13(14)15(20)19-7-5-18(6-8-19)10-11-1-2-11/h3-4,9,11,17H,1-2,5-8,10H2,(H,21,22)/p-1. The van der Waals surface area contributed by atoms with Crippen LogP contribution in [-0.2, 0) is 11.3 Å². The molecule has 1 heterocycles. The van der Waals surface area contributed by atoms with Crippen molar-refractivity contribution in [2.24, 2.45) is 5.92 Å². The fraction of sp³-hybridized carbons (Fsp3) is 0.533. The summed E-state index contributed by atoms with van der Waals surface area (Å²) in [4.78, 5) is 16.4. The van der Waals surface area contributed by atoms with E-state index in [0.29, 0.717) is 13.1 Å². The Morgan fingerprint density at radius 2 is 2.00 bits per heavy atom. The molecule has 2 aliphatic rings. The fourth-order valence-electron chi connectivity index (χ4n) is 2.82. The van der Waals surface area contributed by atoms with E-state index in [1.54, 1.807) is 4.90 Å². The maximum atomic E-state index is 14.1. The number of halogens is 1. The Hall–Kier alpha value is -1.51. The van der Waals surface area contributed by atoms with Gasteiger partial charge in [-0.25, -0.2) is 4.39 Å². The van der Waals surface area contributed by atoms with Gasteiger partial charge in [-0.3, -0.25) is 13.9 Å². The number of nitrogens with one attached hydrogen (secondary N) is 1. The van der Waals surface area contributed by atoms with E-state index in [-0.39, 0.29) is 17.2 Å². The van der Waals surface area contributed by atoms with E-state index < -0.39 is 17.1 Å². The molecule has 1 aliphatic carbocycles. The van der Waals surface area contributed by atoms with Crippen molar-refractivity contribution in [3.63, 3.8) is 0 Å². The van der Waals surface area contributed by atoms with E-state index in [9.17, 15) is 17.9 Å². The fourth-order valence-corrected chi connectivity index (χ4v) is 3.14. The van der Waals surface area contributed by atoms with Gasteiger partial charge in [-0.15, -0.1) is 0 Å². The zero-order chi connectivity index (χ0) is 16.4. The van der Waals surface area contributed by atoms with Crippen LogP contribution in [0.3, 0.4) is 0 Å². The second-order valence-electron chi connectivity index (χ2n) is 6.07. The number of piperazine rings is 1. The Balaban J connectivity index is 1.60. The lowest BCUT2D eigenvalue weighted by molar-refractivity contribution is 0.0627. The van der Waals surface area contributed by atoms with Crippen LogP contribution in [0, 0.1) is 11.7 Å². The van der Waals surface area contributed by atoms with Gasteiger partial charge in [0.1, 0.15) is 5.82 Å². The number of hydrogen-bond donors (Lipinski definition) is 1. The third kappa shape index (κ3) is 4.27. The van der Waals surface area contributed by atoms with Crippen LogP contribution in [-0.4, -0.2) is 57.2 Å². The minimum absolute atomic E-state index is 0.0251. The Bertz CT molecular complexity index is 616. The van der Waals surface area contributed by atoms with Crippen LogP contribution in [0.5, 0.6) is 0 Å². The molecule has 2 fully saturated rings. The summed E-state index contributed by atoms with van der Waals surface area (Å²) >= 11 is -2.52. The van der Waals surface area contributed by atoms with Gasteiger partial charge in [0.05, 0.1) is 5.56 Å². The zero-order valence-electron chi connectivity index (χ0n) is 12.7. The van der Waals surface area contributed by atoms with Gasteiger partial charge in [-0.1, -0.05) is 0 Å². The van der Waals surface area contributed by atoms with E-state index in [0.717, 1.165) is 31.6 Å². The topological polar surface area (TPSA) is 75.7 Å². The van der Waals surface area contributed by atoms with Crippen LogP contribution in [0.25, 0.3) is 0 Å². The zero-order valence-corrected chi connectivity index (χ0v) is 13.5. The molecule has 1 aliphatic heterocycles. The van der Waals surface area contributed by atoms with E-state index in [4.69, 9.17) is 0 Å². The number of benzene rings is 1. The molecule has 0 spiro atoms. The van der Waals surface area contributed by atoms with Crippen molar-refractivity contribution in [3.05, 3.63) is 29.6 Å². The molecule has 1 atom stereocenters. The van der Waals surface area contributed by atoms with E-state index in [1.807, 2.05) is 0 Å². The van der Waals surface area contributed by atoms with Crippen LogP contribution in [0.15, 0.2) is 18.2 Å². The molecule has 23 heavy (non-hydrogen) atoms. The quantitative estimate of drug-likeness (QED) is 0.817. The average molecular weight is 340 g/mol. The molecule has 1 N–H and O–H groups in total. The third-order valence-corrected chi connectivity index (χ3v) is 4.68. The summed E-state index contributed by atoms with van der Waals surface area (Å²) in [5.74, 6) is -0.240. The predicted octanol–water partition coefficient (Wildman–Crippen LogP) is 1.20. The molecule has 8 heteroatoms. The predicted molar refractivity (Wildman–Crippen MR) is 84.0 cm³/mol. The number of carbonyl (C=O) groups is 1. The number of amides is 1. The van der Waals surface area contributed by atoms with Crippen LogP contribution < -0.4 is 4.72 Å². The molecule has 1 amide bonds. The molecule has 1 saturated carbocycles. The molecule has 0 radical (unpaired) electrons. The van der Waals surface area contributed by atoms with Gasteiger partial charge in [0.2, 0.25) is 0 Å². The van der Waals surface area contributed by atoms with Gasteiger partial charge < -0.3 is 14.2 Å². The number of carbonyl (C=O) groups excluding carboxylic acids is 1. The number of nitrogens with zero attached hydrogens (tertiary/aromatic N) is 2. The first-order valence-corrected chi connectivity index (χ1v) is 8.77. The Labute approximate surface area is 137 Å². The highest BCUT2D eigenvalue weighted by Gasteiger charge is 2.28. The van der Waals surface area contributed by atoms with Gasteiger partial charge in [-0.05, 0) is 37.0 Å². The van der Waals surface area contributed by atoms with Crippen molar-refractivity contribution in [2.75, 3.05) is 37.4 Å². The van der Waals surface area contributed by atoms with Crippen LogP contribution >= 0.6 is 0 Å². The van der Waals surface area contributed by atoms with Gasteiger partial charge >= 0.3 is 0 Å². The molecule has 1 saturated heterocycles. The summed E-state index contributed by atoms with van der Waals surface area (Å²) in [6.07, 6.45) is 2.61. The lowest BCUT2D eigenvalue weighted by atomic mass is 10.1. The summed E-state index contributed by atoms with van der Waals surface area (Å²) in [7, 11) is 0. The maximum Gasteiger partial charge on any atom is 0.256 e. The Morgan fingerprint density at radius 1 is 1.30 bits per heavy atom. The highest BCUT2D eigenvalue weighted by atomic mass is 32.2. The van der Waals surface area contributed by atoms with Crippen molar-refractivity contribution in [2.45, 2.75) is 12.8 Å². The van der Waals surface area contributed by atoms with Crippen molar-refractivity contribution < 1.29 is 17.9 Å². The molecule has 1 aromatic rings. The molecule has 0 aromatic heterocycles. The molecule has 126 valence electrons. The summed E-state index contributed by atoms with van der Waals surface area (Å²) in [5.41, 5.74) is 0.0736. The van der Waals surface area contributed by atoms with E-state index in [2.05, 4.69) is 9.62 Å². The largest absolute Gasteiger partial charge is 0.755 e. The summed E-state index contributed by atoms with van der Waals surface area (Å²) in [6.45, 7) is 3.92. The second-order valence-corrected chi connectivity index (χ2v) is 6.74. The molecular formula is C15H19FN3O3S-. The molecule has 6 nitrogen and oxygen atoms in total. The molecular weight excluding hydrogens is 321 g/mol. The number of rotatable bonds is 5. The van der Waals surface area contributed by atoms with Crippen molar-refractivity contribution in [1.29, 1.82) is 0 Å². The summed E-state index contributed by atoms with van der Waals surface area (Å²) in [5, 5.41) is 0. The highest BCUT2D eigenvalue weighted by Crippen LogP contribution is 2.30. The minimum atomic E-state index is -2.52. The smallest absolute Gasteiger partial charge is 0.256 e. The van der Waals surface area contributed by atoms with Gasteiger partial charge in [-0.2, -0.15) is 0 Å². The van der Waals surface area contributed by atoms with Crippen LogP contribution in [0.4, 0.5) is 10.1 Å². The number of anilines is 1. The van der Waals surface area contributed by atoms with Crippen molar-refractivity contribution in [3.8, 4) is 0 Å². The van der Waals surface area contributed by atoms with E-state index >= 15 is 0 Å². The van der Waals surface area contributed by atoms with Gasteiger partial charge in [0, 0.05) is 49.7 Å². The summed E-state index contributed by atoms with van der Waals surface area (Å²) in [6, 6.07) is 3.73. The molecule has 0 bridgehead atoms. The average Bonchev–Trinajstić information content (AvgIpc) is 3.31. The monoisotopic (exact) mass is 340 g/mol. The molecule has 1 aromatic carbocycles. The summed E-state index contributed by atoms with van der Waals surface area (Å²) < 4.78 is 37.2. The van der Waals surface area contributed by atoms with Crippen LogP contribution in [0.1, 0.15) is 23.2 Å². The molecule has 3 rings (SSSR count). The first-order valence-electron chi connectivity index (χ1n) is 7.70. The first-order chi connectivity index (χ1) is 11.0.